The van der Waals surface area contributed by atoms with E-state index in [1.807, 2.05) is 0 Å². The van der Waals surface area contributed by atoms with Gasteiger partial charge in [0.25, 0.3) is 0 Å². The Kier molecular flexibility index (Phi) is 7.62. The fraction of sp³-hybridized carbons (Fsp3) is 0.480. The van der Waals surface area contributed by atoms with E-state index < -0.39 is 45.6 Å². The summed E-state index contributed by atoms with van der Waals surface area (Å²) in [6.07, 6.45) is 0.801. The molecule has 0 spiro atoms. The molecule has 0 aliphatic heterocycles. The average Bonchev–Trinajstić information content (AvgIpc) is 2.75. The molecule has 1 aliphatic carbocycles. The molecular formula is C25H32O8. The molecule has 0 saturated heterocycles. The summed E-state index contributed by atoms with van der Waals surface area (Å²) in [6, 6.07) is 0. The summed E-state index contributed by atoms with van der Waals surface area (Å²) in [7, 11) is 1.27. The molecule has 1 aromatic carbocycles. The zero-order valence-corrected chi connectivity index (χ0v) is 20.0. The third kappa shape index (κ3) is 4.34. The van der Waals surface area contributed by atoms with Gasteiger partial charge in [0, 0.05) is 36.0 Å². The molecule has 0 amide bonds. The van der Waals surface area contributed by atoms with Crippen molar-refractivity contribution < 1.29 is 39.5 Å². The van der Waals surface area contributed by atoms with Gasteiger partial charge in [-0.3, -0.25) is 14.4 Å². The number of ether oxygens (including phenoxy) is 1. The second-order valence-corrected chi connectivity index (χ2v) is 8.74. The second kappa shape index (κ2) is 9.68. The number of phenols is 2. The Bertz CT molecular complexity index is 1070. The Morgan fingerprint density at radius 1 is 0.939 bits per heavy atom. The van der Waals surface area contributed by atoms with Crippen LogP contribution in [-0.4, -0.2) is 44.9 Å². The van der Waals surface area contributed by atoms with E-state index in [1.54, 1.807) is 13.8 Å². The molecule has 180 valence electrons. The highest BCUT2D eigenvalue weighted by atomic mass is 16.5. The SMILES string of the molecule is CCCC(=O)C1=C(O)C(Cc2c(O)c(C)c(O)c(C(=O)CCC)c2OC)=C(O)C(C)(C)C1=O. The number of Topliss-reactive ketones (excluding diaryl/α,β-unsaturated/α-hetero) is 3. The maximum Gasteiger partial charge on any atom is 0.183 e. The molecule has 4 N–H and O–H groups in total. The van der Waals surface area contributed by atoms with Crippen LogP contribution in [0.25, 0.3) is 0 Å². The molecule has 0 saturated carbocycles. The van der Waals surface area contributed by atoms with Gasteiger partial charge in [0.05, 0.1) is 12.5 Å². The monoisotopic (exact) mass is 460 g/mol. The molecule has 0 heterocycles. The van der Waals surface area contributed by atoms with E-state index in [0.29, 0.717) is 12.8 Å². The summed E-state index contributed by atoms with van der Waals surface area (Å²) in [5.41, 5.74) is -2.06. The van der Waals surface area contributed by atoms with Crippen LogP contribution in [-0.2, 0) is 16.0 Å². The van der Waals surface area contributed by atoms with E-state index in [0.717, 1.165) is 0 Å². The van der Waals surface area contributed by atoms with E-state index in [4.69, 9.17) is 4.74 Å². The van der Waals surface area contributed by atoms with Gasteiger partial charge in [-0.1, -0.05) is 13.8 Å². The van der Waals surface area contributed by atoms with E-state index in [9.17, 15) is 34.8 Å². The summed E-state index contributed by atoms with van der Waals surface area (Å²) >= 11 is 0. The number of phenolic OH excluding ortho intramolecular Hbond substituents is 2. The number of aliphatic hydroxyl groups is 2. The molecule has 0 atom stereocenters. The number of carbonyl (C=O) groups excluding carboxylic acids is 3. The molecule has 8 heteroatoms. The maximum atomic E-state index is 12.9. The van der Waals surface area contributed by atoms with Crippen molar-refractivity contribution >= 4 is 17.3 Å². The van der Waals surface area contributed by atoms with Gasteiger partial charge >= 0.3 is 0 Å². The van der Waals surface area contributed by atoms with Crippen molar-refractivity contribution in [3.8, 4) is 17.2 Å². The van der Waals surface area contributed by atoms with Gasteiger partial charge in [0.2, 0.25) is 0 Å². The van der Waals surface area contributed by atoms with Crippen LogP contribution < -0.4 is 4.74 Å². The van der Waals surface area contributed by atoms with Crippen molar-refractivity contribution in [1.29, 1.82) is 0 Å². The highest BCUT2D eigenvalue weighted by Crippen LogP contribution is 2.47. The topological polar surface area (TPSA) is 141 Å². The van der Waals surface area contributed by atoms with Crippen molar-refractivity contribution in [2.24, 2.45) is 5.41 Å². The van der Waals surface area contributed by atoms with Crippen molar-refractivity contribution in [3.05, 3.63) is 39.4 Å². The van der Waals surface area contributed by atoms with Crippen LogP contribution in [0, 0.1) is 12.3 Å². The van der Waals surface area contributed by atoms with E-state index >= 15 is 0 Å². The van der Waals surface area contributed by atoms with Gasteiger partial charge in [0.1, 0.15) is 39.9 Å². The highest BCUT2D eigenvalue weighted by molar-refractivity contribution is 6.24. The predicted octanol–water partition coefficient (Wildman–Crippen LogP) is 4.54. The Hall–Kier alpha value is -3.29. The van der Waals surface area contributed by atoms with Crippen LogP contribution in [0.5, 0.6) is 17.2 Å². The predicted molar refractivity (Wildman–Crippen MR) is 122 cm³/mol. The number of hydrogen-bond acceptors (Lipinski definition) is 8. The summed E-state index contributed by atoms with van der Waals surface area (Å²) < 4.78 is 5.38. The van der Waals surface area contributed by atoms with Gasteiger partial charge in [-0.05, 0) is 33.6 Å². The van der Waals surface area contributed by atoms with Crippen LogP contribution in [0.1, 0.15) is 74.9 Å². The number of carbonyl (C=O) groups is 3. The fourth-order valence-electron chi connectivity index (χ4n) is 4.01. The third-order valence-corrected chi connectivity index (χ3v) is 6.00. The first-order valence-corrected chi connectivity index (χ1v) is 10.9. The zero-order chi connectivity index (χ0) is 25.2. The van der Waals surface area contributed by atoms with Gasteiger partial charge in [-0.2, -0.15) is 0 Å². The van der Waals surface area contributed by atoms with Crippen molar-refractivity contribution in [2.45, 2.75) is 66.7 Å². The lowest BCUT2D eigenvalue weighted by Crippen LogP contribution is -2.36. The highest BCUT2D eigenvalue weighted by Gasteiger charge is 2.45. The quantitative estimate of drug-likeness (QED) is 0.311. The Morgan fingerprint density at radius 3 is 2.00 bits per heavy atom. The number of rotatable bonds is 9. The Labute approximate surface area is 193 Å². The average molecular weight is 461 g/mol. The molecule has 0 fully saturated rings. The molecule has 0 unspecified atom stereocenters. The molecule has 0 bridgehead atoms. The number of allylic oxidation sites excluding steroid dienone is 3. The fourth-order valence-corrected chi connectivity index (χ4v) is 4.01. The van der Waals surface area contributed by atoms with Crippen molar-refractivity contribution in [1.82, 2.24) is 0 Å². The summed E-state index contributed by atoms with van der Waals surface area (Å²) in [6.45, 7) is 7.86. The van der Waals surface area contributed by atoms with Gasteiger partial charge < -0.3 is 25.2 Å². The molecule has 33 heavy (non-hydrogen) atoms. The van der Waals surface area contributed by atoms with Gasteiger partial charge in [-0.15, -0.1) is 0 Å². The second-order valence-electron chi connectivity index (χ2n) is 8.74. The zero-order valence-electron chi connectivity index (χ0n) is 20.0. The molecule has 2 rings (SSSR count). The molecule has 0 radical (unpaired) electrons. The van der Waals surface area contributed by atoms with Crippen LogP contribution in [0.4, 0.5) is 0 Å². The lowest BCUT2D eigenvalue weighted by molar-refractivity contribution is -0.127. The van der Waals surface area contributed by atoms with E-state index in [-0.39, 0.29) is 53.0 Å². The minimum atomic E-state index is -1.49. The van der Waals surface area contributed by atoms with Gasteiger partial charge in [-0.25, -0.2) is 0 Å². The molecule has 1 aromatic rings. The van der Waals surface area contributed by atoms with Crippen LogP contribution in [0.15, 0.2) is 22.7 Å². The number of aromatic hydroxyl groups is 2. The van der Waals surface area contributed by atoms with Crippen LogP contribution in [0.3, 0.4) is 0 Å². The van der Waals surface area contributed by atoms with Gasteiger partial charge in [0.15, 0.2) is 17.3 Å². The van der Waals surface area contributed by atoms with Crippen LogP contribution in [0.2, 0.25) is 0 Å². The maximum absolute atomic E-state index is 12.9. The summed E-state index contributed by atoms with van der Waals surface area (Å²) in [4.78, 5) is 38.2. The molecule has 0 aromatic heterocycles. The number of aliphatic hydroxyl groups excluding tert-OH is 2. The summed E-state index contributed by atoms with van der Waals surface area (Å²) in [5, 5.41) is 43.1. The minimum absolute atomic E-state index is 0.0299. The van der Waals surface area contributed by atoms with Crippen molar-refractivity contribution in [3.63, 3.8) is 0 Å². The largest absolute Gasteiger partial charge is 0.511 e. The first-order chi connectivity index (χ1) is 15.4. The lowest BCUT2D eigenvalue weighted by atomic mass is 9.73. The summed E-state index contributed by atoms with van der Waals surface area (Å²) in [5.74, 6) is -3.66. The first-order valence-electron chi connectivity index (χ1n) is 10.9. The smallest absolute Gasteiger partial charge is 0.183 e. The Balaban J connectivity index is 2.82. The van der Waals surface area contributed by atoms with E-state index in [1.165, 1.54) is 27.9 Å². The number of hydrogen-bond donors (Lipinski definition) is 4. The number of methoxy groups -OCH3 is 1. The normalized spacial score (nSPS) is 15.8. The number of ketones is 3. The first kappa shape index (κ1) is 26.0. The molecule has 8 nitrogen and oxygen atoms in total. The van der Waals surface area contributed by atoms with Crippen molar-refractivity contribution in [2.75, 3.05) is 7.11 Å². The van der Waals surface area contributed by atoms with Crippen LogP contribution >= 0.6 is 0 Å². The molecular weight excluding hydrogens is 428 g/mol. The molecule has 1 aliphatic rings. The third-order valence-electron chi connectivity index (χ3n) is 6.00. The Morgan fingerprint density at radius 2 is 1.48 bits per heavy atom. The van der Waals surface area contributed by atoms with E-state index in [2.05, 4.69) is 0 Å². The lowest BCUT2D eigenvalue weighted by Gasteiger charge is -2.31. The minimum Gasteiger partial charge on any atom is -0.511 e. The number of benzene rings is 1. The standard InChI is InChI=1S/C25H32O8/c1-7-9-15(26)17-20(29)12(3)19(28)13(22(17)33-6)11-14-21(30)18(16(27)10-8-2)24(32)25(4,5)23(14)31/h28-31H,7-11H2,1-6H3.